The predicted octanol–water partition coefficient (Wildman–Crippen LogP) is 3.23. The van der Waals surface area contributed by atoms with Crippen LogP contribution in [0.15, 0.2) is 0 Å². The molecule has 0 amide bonds. The van der Waals surface area contributed by atoms with E-state index in [0.717, 1.165) is 6.61 Å². The maximum absolute atomic E-state index is 5.83. The number of rotatable bonds is 3. The van der Waals surface area contributed by atoms with E-state index in [2.05, 4.69) is 40.3 Å². The SMILES string of the molecule is C[CH]CO[Si](C)(C)C(C)(C)C. The molecule has 2 heteroatoms. The van der Waals surface area contributed by atoms with Gasteiger partial charge in [-0.15, -0.1) is 0 Å². The highest BCUT2D eigenvalue weighted by Crippen LogP contribution is 2.36. The molecular weight excluding hydrogens is 152 g/mol. The quantitative estimate of drug-likeness (QED) is 0.595. The van der Waals surface area contributed by atoms with Gasteiger partial charge in [0.05, 0.1) is 0 Å². The molecule has 0 atom stereocenters. The van der Waals surface area contributed by atoms with Gasteiger partial charge in [-0.3, -0.25) is 0 Å². The summed E-state index contributed by atoms with van der Waals surface area (Å²) >= 11 is 0. The zero-order valence-corrected chi connectivity index (χ0v) is 9.69. The van der Waals surface area contributed by atoms with E-state index < -0.39 is 8.32 Å². The average Bonchev–Trinajstić information content (AvgIpc) is 1.81. The molecule has 1 radical (unpaired) electrons. The van der Waals surface area contributed by atoms with Crippen LogP contribution in [0.5, 0.6) is 0 Å². The first-order valence-electron chi connectivity index (χ1n) is 4.23. The molecule has 0 saturated heterocycles. The molecule has 0 fully saturated rings. The maximum atomic E-state index is 5.83. The minimum atomic E-state index is -1.46. The third-order valence-electron chi connectivity index (χ3n) is 2.42. The normalized spacial score (nSPS) is 13.6. The van der Waals surface area contributed by atoms with E-state index >= 15 is 0 Å². The first-order chi connectivity index (χ1) is 4.81. The minimum absolute atomic E-state index is 0.343. The highest BCUT2D eigenvalue weighted by molar-refractivity contribution is 6.74. The predicted molar refractivity (Wildman–Crippen MR) is 53.1 cm³/mol. The molecule has 0 spiro atoms. The fourth-order valence-electron chi connectivity index (χ4n) is 0.508. The molecule has 0 unspecified atom stereocenters. The second-order valence-electron chi connectivity index (χ2n) is 4.48. The zero-order valence-electron chi connectivity index (χ0n) is 8.69. The third kappa shape index (κ3) is 3.39. The van der Waals surface area contributed by atoms with Crippen LogP contribution in [0.3, 0.4) is 0 Å². The van der Waals surface area contributed by atoms with Gasteiger partial charge in [0.25, 0.3) is 0 Å². The van der Waals surface area contributed by atoms with Crippen molar-refractivity contribution in [1.29, 1.82) is 0 Å². The fraction of sp³-hybridized carbons (Fsp3) is 0.889. The van der Waals surface area contributed by atoms with Crippen LogP contribution in [0.2, 0.25) is 18.1 Å². The van der Waals surface area contributed by atoms with Crippen molar-refractivity contribution in [3.8, 4) is 0 Å². The van der Waals surface area contributed by atoms with Crippen LogP contribution < -0.4 is 0 Å². The summed E-state index contributed by atoms with van der Waals surface area (Å²) in [6.45, 7) is 14.2. The first-order valence-corrected chi connectivity index (χ1v) is 7.14. The molecule has 0 aliphatic heterocycles. The van der Waals surface area contributed by atoms with E-state index in [0.29, 0.717) is 5.04 Å². The van der Waals surface area contributed by atoms with Crippen LogP contribution in [-0.2, 0) is 4.43 Å². The highest BCUT2D eigenvalue weighted by atomic mass is 28.4. The summed E-state index contributed by atoms with van der Waals surface area (Å²) in [4.78, 5) is 0. The smallest absolute Gasteiger partial charge is 0.191 e. The lowest BCUT2D eigenvalue weighted by atomic mass is 10.2. The first kappa shape index (κ1) is 11.2. The van der Waals surface area contributed by atoms with E-state index in [1.807, 2.05) is 6.92 Å². The summed E-state index contributed by atoms with van der Waals surface area (Å²) in [6.07, 6.45) is 2.07. The molecule has 0 aliphatic carbocycles. The molecule has 0 N–H and O–H groups in total. The lowest BCUT2D eigenvalue weighted by Gasteiger charge is -2.36. The van der Waals surface area contributed by atoms with Gasteiger partial charge in [0.2, 0.25) is 0 Å². The van der Waals surface area contributed by atoms with Crippen molar-refractivity contribution in [3.05, 3.63) is 6.42 Å². The van der Waals surface area contributed by atoms with Crippen molar-refractivity contribution in [2.24, 2.45) is 0 Å². The Morgan fingerprint density at radius 3 is 2.00 bits per heavy atom. The maximum Gasteiger partial charge on any atom is 0.191 e. The van der Waals surface area contributed by atoms with Gasteiger partial charge in [0.15, 0.2) is 8.32 Å². The zero-order chi connectivity index (χ0) is 9.12. The monoisotopic (exact) mass is 173 g/mol. The fourth-order valence-corrected chi connectivity index (χ4v) is 1.52. The molecule has 0 aromatic heterocycles. The van der Waals surface area contributed by atoms with E-state index in [4.69, 9.17) is 4.43 Å². The summed E-state index contributed by atoms with van der Waals surface area (Å²) < 4.78 is 5.83. The third-order valence-corrected chi connectivity index (χ3v) is 6.92. The Kier molecular flexibility index (Phi) is 3.78. The Bertz CT molecular complexity index is 113. The van der Waals surface area contributed by atoms with Gasteiger partial charge in [-0.25, -0.2) is 0 Å². The molecule has 0 aromatic carbocycles. The molecule has 0 aromatic rings. The van der Waals surface area contributed by atoms with Crippen molar-refractivity contribution in [2.75, 3.05) is 6.61 Å². The van der Waals surface area contributed by atoms with Gasteiger partial charge in [-0.05, 0) is 24.6 Å². The summed E-state index contributed by atoms with van der Waals surface area (Å²) in [5.74, 6) is 0. The van der Waals surface area contributed by atoms with E-state index in [1.54, 1.807) is 0 Å². The minimum Gasteiger partial charge on any atom is -0.417 e. The highest BCUT2D eigenvalue weighted by Gasteiger charge is 2.36. The van der Waals surface area contributed by atoms with E-state index in [-0.39, 0.29) is 0 Å². The molecule has 0 saturated carbocycles. The molecular formula is C9H21OSi. The largest absolute Gasteiger partial charge is 0.417 e. The van der Waals surface area contributed by atoms with Crippen molar-refractivity contribution in [1.82, 2.24) is 0 Å². The van der Waals surface area contributed by atoms with Gasteiger partial charge in [0.1, 0.15) is 0 Å². The van der Waals surface area contributed by atoms with Crippen molar-refractivity contribution in [3.63, 3.8) is 0 Å². The van der Waals surface area contributed by atoms with Gasteiger partial charge >= 0.3 is 0 Å². The Morgan fingerprint density at radius 2 is 1.73 bits per heavy atom. The molecule has 0 aliphatic rings. The summed E-state index contributed by atoms with van der Waals surface area (Å²) in [7, 11) is -1.46. The molecule has 0 bridgehead atoms. The summed E-state index contributed by atoms with van der Waals surface area (Å²) in [5, 5.41) is 0.343. The van der Waals surface area contributed by atoms with E-state index in [1.165, 1.54) is 0 Å². The summed E-state index contributed by atoms with van der Waals surface area (Å²) in [5.41, 5.74) is 0. The molecule has 0 rings (SSSR count). The van der Waals surface area contributed by atoms with Crippen LogP contribution in [-0.4, -0.2) is 14.9 Å². The van der Waals surface area contributed by atoms with Crippen molar-refractivity contribution < 1.29 is 4.43 Å². The second kappa shape index (κ2) is 3.72. The van der Waals surface area contributed by atoms with E-state index in [9.17, 15) is 0 Å². The molecule has 11 heavy (non-hydrogen) atoms. The van der Waals surface area contributed by atoms with Crippen LogP contribution in [0.1, 0.15) is 27.7 Å². The van der Waals surface area contributed by atoms with Gasteiger partial charge in [-0.1, -0.05) is 27.7 Å². The Hall–Kier alpha value is 0.177. The second-order valence-corrected chi connectivity index (χ2v) is 9.29. The topological polar surface area (TPSA) is 9.23 Å². The molecule has 67 valence electrons. The van der Waals surface area contributed by atoms with Crippen LogP contribution in [0.4, 0.5) is 0 Å². The average molecular weight is 173 g/mol. The number of hydrogen-bond donors (Lipinski definition) is 0. The molecule has 1 nitrogen and oxygen atoms in total. The Morgan fingerprint density at radius 1 is 1.27 bits per heavy atom. The van der Waals surface area contributed by atoms with Crippen molar-refractivity contribution >= 4 is 8.32 Å². The Balaban J connectivity index is 4.00. The molecule has 0 heterocycles. The van der Waals surface area contributed by atoms with Gasteiger partial charge in [0, 0.05) is 6.61 Å². The Labute approximate surface area is 72.3 Å². The van der Waals surface area contributed by atoms with Gasteiger partial charge in [-0.2, -0.15) is 0 Å². The van der Waals surface area contributed by atoms with Crippen LogP contribution >= 0.6 is 0 Å². The lowest BCUT2D eigenvalue weighted by molar-refractivity contribution is 0.316. The summed E-state index contributed by atoms with van der Waals surface area (Å²) in [6, 6.07) is 0. The standard InChI is InChI=1S/C9H21OSi/c1-7-8-10-11(5,6)9(2,3)4/h7H,8H2,1-6H3. The number of hydrogen-bond acceptors (Lipinski definition) is 1. The van der Waals surface area contributed by atoms with Crippen LogP contribution in [0.25, 0.3) is 0 Å². The lowest BCUT2D eigenvalue weighted by Crippen LogP contribution is -2.40. The van der Waals surface area contributed by atoms with Crippen molar-refractivity contribution in [2.45, 2.75) is 45.8 Å². The van der Waals surface area contributed by atoms with Crippen LogP contribution in [0, 0.1) is 6.42 Å². The van der Waals surface area contributed by atoms with Gasteiger partial charge < -0.3 is 4.43 Å².